The standard InChI is InChI=1S/C2H4O2.CH4O.H3O4P.H2O/c1-2(3)4;1-2;1-5(2,3)4;/h1H3,(H,3,4);2H,1H3;(H3,1,2,3,4);1H2. The summed E-state index contributed by atoms with van der Waals surface area (Å²) in [6.45, 7) is 1.08. The second-order valence-electron chi connectivity index (χ2n) is 1.03. The van der Waals surface area contributed by atoms with E-state index in [0.29, 0.717) is 0 Å². The van der Waals surface area contributed by atoms with Crippen molar-refractivity contribution in [1.82, 2.24) is 0 Å². The second-order valence-corrected chi connectivity index (χ2v) is 2.06. The van der Waals surface area contributed by atoms with Gasteiger partial charge >= 0.3 is 7.82 Å². The van der Waals surface area contributed by atoms with Crippen LogP contribution in [-0.4, -0.2) is 43.4 Å². The van der Waals surface area contributed by atoms with Crippen molar-refractivity contribution in [2.75, 3.05) is 7.11 Å². The topological polar surface area (TPSA) is 167 Å². The van der Waals surface area contributed by atoms with Crippen molar-refractivity contribution in [2.24, 2.45) is 0 Å². The number of hydrogen-bond acceptors (Lipinski definition) is 3. The summed E-state index contributed by atoms with van der Waals surface area (Å²) in [6.07, 6.45) is 0. The number of carboxylic acids is 1. The van der Waals surface area contributed by atoms with Crippen molar-refractivity contribution >= 4 is 13.8 Å². The van der Waals surface area contributed by atoms with Gasteiger partial charge in [-0.1, -0.05) is 0 Å². The average Bonchev–Trinajstić information content (AvgIpc) is 1.63. The summed E-state index contributed by atoms with van der Waals surface area (Å²) < 4.78 is 8.88. The van der Waals surface area contributed by atoms with E-state index in [1.165, 1.54) is 0 Å². The van der Waals surface area contributed by atoms with E-state index in [1.807, 2.05) is 0 Å². The van der Waals surface area contributed by atoms with Crippen LogP contribution in [0.3, 0.4) is 0 Å². The molecule has 0 bridgehead atoms. The molecule has 0 unspecified atom stereocenters. The zero-order chi connectivity index (χ0) is 10.1. The molecule has 0 rings (SSSR count). The molecular weight excluding hydrogens is 195 g/mol. The van der Waals surface area contributed by atoms with Gasteiger partial charge in [0, 0.05) is 14.0 Å². The monoisotopic (exact) mass is 208 g/mol. The number of carbonyl (C=O) groups is 1. The first kappa shape index (κ1) is 22.5. The highest BCUT2D eigenvalue weighted by atomic mass is 31.2. The molecule has 0 aromatic rings. The number of aliphatic hydroxyl groups excluding tert-OH is 1. The number of aliphatic hydroxyl groups is 1. The number of phosphoric acid groups is 1. The normalized spacial score (nSPS) is 7.50. The lowest BCUT2D eigenvalue weighted by atomic mass is 10.9. The van der Waals surface area contributed by atoms with Gasteiger partial charge in [0.1, 0.15) is 0 Å². The Kier molecular flexibility index (Phi) is 24.6. The highest BCUT2D eigenvalue weighted by molar-refractivity contribution is 7.45. The molecule has 0 aliphatic carbocycles. The Bertz CT molecular complexity index is 114. The third kappa shape index (κ3) is 2750. The SMILES string of the molecule is CC(=O)O.CO.O.O=P(O)(O)O. The van der Waals surface area contributed by atoms with Crippen LogP contribution in [0.25, 0.3) is 0 Å². The van der Waals surface area contributed by atoms with Gasteiger partial charge in [0.15, 0.2) is 0 Å². The zero-order valence-corrected chi connectivity index (χ0v) is 7.39. The Hall–Kier alpha value is -0.500. The molecule has 12 heavy (non-hydrogen) atoms. The first-order chi connectivity index (χ1) is 4.73. The molecule has 0 aliphatic rings. The van der Waals surface area contributed by atoms with Crippen LogP contribution in [-0.2, 0) is 9.36 Å². The van der Waals surface area contributed by atoms with Crippen molar-refractivity contribution < 1.29 is 39.7 Å². The van der Waals surface area contributed by atoms with E-state index in [0.717, 1.165) is 14.0 Å². The maximum atomic E-state index is 9.00. The van der Waals surface area contributed by atoms with Crippen molar-refractivity contribution in [3.05, 3.63) is 0 Å². The molecule has 9 heteroatoms. The van der Waals surface area contributed by atoms with Gasteiger partial charge in [-0.2, -0.15) is 0 Å². The summed E-state index contributed by atoms with van der Waals surface area (Å²) in [5.41, 5.74) is 0. The summed E-state index contributed by atoms with van der Waals surface area (Å²) in [5, 5.41) is 14.4. The summed E-state index contributed by atoms with van der Waals surface area (Å²) >= 11 is 0. The fourth-order valence-electron chi connectivity index (χ4n) is 0. The highest BCUT2D eigenvalue weighted by Crippen LogP contribution is 2.25. The van der Waals surface area contributed by atoms with Crippen LogP contribution >= 0.6 is 7.82 Å². The molecule has 0 atom stereocenters. The van der Waals surface area contributed by atoms with Crippen LogP contribution in [0, 0.1) is 0 Å². The smallest absolute Gasteiger partial charge is 0.466 e. The highest BCUT2D eigenvalue weighted by Gasteiger charge is 2.00. The Balaban J connectivity index is -0.0000000419. The molecule has 8 nitrogen and oxygen atoms in total. The Morgan fingerprint density at radius 2 is 1.17 bits per heavy atom. The first-order valence-electron chi connectivity index (χ1n) is 2.16. The van der Waals surface area contributed by atoms with Crippen LogP contribution in [0.4, 0.5) is 0 Å². The Labute approximate surface area is 68.6 Å². The van der Waals surface area contributed by atoms with Crippen LogP contribution in [0.15, 0.2) is 0 Å². The summed E-state index contributed by atoms with van der Waals surface area (Å²) in [4.78, 5) is 30.6. The van der Waals surface area contributed by atoms with Gasteiger partial charge in [0.2, 0.25) is 0 Å². The minimum atomic E-state index is -4.64. The van der Waals surface area contributed by atoms with Gasteiger partial charge in [-0.15, -0.1) is 0 Å². The number of rotatable bonds is 0. The molecule has 0 heterocycles. The number of aliphatic carboxylic acids is 1. The Morgan fingerprint density at radius 1 is 1.17 bits per heavy atom. The van der Waals surface area contributed by atoms with Crippen molar-refractivity contribution in [1.29, 1.82) is 0 Å². The van der Waals surface area contributed by atoms with Crippen molar-refractivity contribution in [3.63, 3.8) is 0 Å². The van der Waals surface area contributed by atoms with Crippen molar-refractivity contribution in [2.45, 2.75) is 6.92 Å². The molecule has 0 spiro atoms. The molecule has 0 radical (unpaired) electrons. The van der Waals surface area contributed by atoms with E-state index in [2.05, 4.69) is 0 Å². The molecule has 0 aromatic heterocycles. The summed E-state index contributed by atoms with van der Waals surface area (Å²) in [7, 11) is -3.64. The molecule has 0 aliphatic heterocycles. The van der Waals surface area contributed by atoms with Gasteiger partial charge in [-0.3, -0.25) is 4.79 Å². The van der Waals surface area contributed by atoms with E-state index < -0.39 is 13.8 Å². The molecular formula is C3H13O8P. The predicted octanol–water partition coefficient (Wildman–Crippen LogP) is -2.05. The molecule has 0 amide bonds. The third-order valence-corrected chi connectivity index (χ3v) is 0. The van der Waals surface area contributed by atoms with Crippen LogP contribution < -0.4 is 0 Å². The van der Waals surface area contributed by atoms with Crippen LogP contribution in [0.1, 0.15) is 6.92 Å². The molecule has 7 N–H and O–H groups in total. The van der Waals surface area contributed by atoms with Gasteiger partial charge in [0.05, 0.1) is 0 Å². The Morgan fingerprint density at radius 3 is 1.17 bits per heavy atom. The molecule has 0 fully saturated rings. The van der Waals surface area contributed by atoms with E-state index in [4.69, 9.17) is 34.3 Å². The zero-order valence-electron chi connectivity index (χ0n) is 6.50. The number of hydrogen-bond donors (Lipinski definition) is 5. The van der Waals surface area contributed by atoms with Gasteiger partial charge in [0.25, 0.3) is 5.97 Å². The minimum absolute atomic E-state index is 0. The van der Waals surface area contributed by atoms with Crippen LogP contribution in [0.5, 0.6) is 0 Å². The number of carboxylic acid groups (broad SMARTS) is 1. The van der Waals surface area contributed by atoms with E-state index >= 15 is 0 Å². The van der Waals surface area contributed by atoms with E-state index in [9.17, 15) is 0 Å². The van der Waals surface area contributed by atoms with Crippen molar-refractivity contribution in [3.8, 4) is 0 Å². The quantitative estimate of drug-likeness (QED) is 0.285. The molecule has 0 saturated heterocycles. The second kappa shape index (κ2) is 13.1. The lowest BCUT2D eigenvalue weighted by molar-refractivity contribution is -0.134. The van der Waals surface area contributed by atoms with Gasteiger partial charge < -0.3 is 30.4 Å². The fraction of sp³-hybridized carbons (Fsp3) is 0.667. The minimum Gasteiger partial charge on any atom is -0.481 e. The molecule has 78 valence electrons. The fourth-order valence-corrected chi connectivity index (χ4v) is 0. The summed E-state index contributed by atoms with van der Waals surface area (Å²) in [5.74, 6) is -0.833. The predicted molar refractivity (Wildman–Crippen MR) is 39.3 cm³/mol. The molecule has 0 saturated carbocycles. The lowest BCUT2D eigenvalue weighted by Gasteiger charge is -1.82. The maximum Gasteiger partial charge on any atom is 0.466 e. The largest absolute Gasteiger partial charge is 0.481 e. The van der Waals surface area contributed by atoms with Gasteiger partial charge in [-0.05, 0) is 0 Å². The first-order valence-corrected chi connectivity index (χ1v) is 3.72. The van der Waals surface area contributed by atoms with Crippen LogP contribution in [0.2, 0.25) is 0 Å². The third-order valence-electron chi connectivity index (χ3n) is 0. The van der Waals surface area contributed by atoms with E-state index in [1.54, 1.807) is 0 Å². The lowest BCUT2D eigenvalue weighted by Crippen LogP contribution is -1.78. The van der Waals surface area contributed by atoms with E-state index in [-0.39, 0.29) is 5.48 Å². The molecule has 0 aromatic carbocycles. The maximum absolute atomic E-state index is 9.00. The summed E-state index contributed by atoms with van der Waals surface area (Å²) in [6, 6.07) is 0. The van der Waals surface area contributed by atoms with Gasteiger partial charge in [-0.25, -0.2) is 4.57 Å². The average molecular weight is 208 g/mol.